The lowest BCUT2D eigenvalue weighted by Crippen LogP contribution is -2.29. The van der Waals surface area contributed by atoms with Crippen molar-refractivity contribution in [3.63, 3.8) is 0 Å². The summed E-state index contributed by atoms with van der Waals surface area (Å²) in [5.41, 5.74) is 5.50. The third-order valence-corrected chi connectivity index (χ3v) is 3.19. The molecule has 0 saturated carbocycles. The molecule has 1 fully saturated rings. The van der Waals surface area contributed by atoms with Crippen LogP contribution >= 0.6 is 0 Å². The molecule has 0 amide bonds. The van der Waals surface area contributed by atoms with Gasteiger partial charge in [-0.2, -0.15) is 0 Å². The van der Waals surface area contributed by atoms with E-state index in [9.17, 15) is 0 Å². The summed E-state index contributed by atoms with van der Waals surface area (Å²) in [7, 11) is 2.18. The van der Waals surface area contributed by atoms with Crippen LogP contribution in [0.4, 0.5) is 0 Å². The van der Waals surface area contributed by atoms with E-state index in [0.717, 1.165) is 17.9 Å². The van der Waals surface area contributed by atoms with Gasteiger partial charge in [0, 0.05) is 12.3 Å². The number of likely N-dealkylation sites (tertiary alicyclic amines) is 1. The molecule has 0 radical (unpaired) electrons. The standard InChI is InChI=1S/C12H20N2O/c1-14-8-5-10(6-9-14)12-3-2-11(15-12)4-7-13/h2-3,10H,4-9,13H2,1H3. The molecule has 1 aromatic rings. The molecular formula is C12H20N2O. The summed E-state index contributed by atoms with van der Waals surface area (Å²) in [4.78, 5) is 2.38. The van der Waals surface area contributed by atoms with Gasteiger partial charge in [0.25, 0.3) is 0 Å². The number of rotatable bonds is 3. The van der Waals surface area contributed by atoms with Crippen molar-refractivity contribution in [2.75, 3.05) is 26.7 Å². The second-order valence-electron chi connectivity index (χ2n) is 4.42. The fraction of sp³-hybridized carbons (Fsp3) is 0.667. The van der Waals surface area contributed by atoms with E-state index in [-0.39, 0.29) is 0 Å². The Morgan fingerprint density at radius 2 is 2.13 bits per heavy atom. The van der Waals surface area contributed by atoms with Crippen LogP contribution in [0.5, 0.6) is 0 Å². The lowest BCUT2D eigenvalue weighted by Gasteiger charge is -2.27. The van der Waals surface area contributed by atoms with Gasteiger partial charge in [0.05, 0.1) is 0 Å². The van der Waals surface area contributed by atoms with Gasteiger partial charge >= 0.3 is 0 Å². The minimum atomic E-state index is 0.618. The minimum Gasteiger partial charge on any atom is -0.466 e. The Hall–Kier alpha value is -0.800. The SMILES string of the molecule is CN1CCC(c2ccc(CCN)o2)CC1. The van der Waals surface area contributed by atoms with E-state index in [1.165, 1.54) is 25.9 Å². The van der Waals surface area contributed by atoms with Crippen LogP contribution in [0.1, 0.15) is 30.3 Å². The summed E-state index contributed by atoms with van der Waals surface area (Å²) < 4.78 is 5.80. The second kappa shape index (κ2) is 4.81. The number of nitrogens with zero attached hydrogens (tertiary/aromatic N) is 1. The van der Waals surface area contributed by atoms with E-state index < -0.39 is 0 Å². The topological polar surface area (TPSA) is 42.4 Å². The zero-order chi connectivity index (χ0) is 10.7. The van der Waals surface area contributed by atoms with Gasteiger partial charge in [0.15, 0.2) is 0 Å². The first-order valence-electron chi connectivity index (χ1n) is 5.77. The summed E-state index contributed by atoms with van der Waals surface area (Å²) in [6.07, 6.45) is 3.28. The molecule has 0 unspecified atom stereocenters. The highest BCUT2D eigenvalue weighted by atomic mass is 16.3. The van der Waals surface area contributed by atoms with Gasteiger partial charge in [-0.25, -0.2) is 0 Å². The molecule has 2 N–H and O–H groups in total. The number of nitrogens with two attached hydrogens (primary N) is 1. The molecule has 1 aliphatic rings. The fourth-order valence-electron chi connectivity index (χ4n) is 2.18. The molecule has 15 heavy (non-hydrogen) atoms. The van der Waals surface area contributed by atoms with Gasteiger partial charge < -0.3 is 15.1 Å². The van der Waals surface area contributed by atoms with Crippen LogP contribution in [0.25, 0.3) is 0 Å². The smallest absolute Gasteiger partial charge is 0.107 e. The first-order chi connectivity index (χ1) is 7.29. The number of piperidine rings is 1. The highest BCUT2D eigenvalue weighted by molar-refractivity contribution is 5.12. The molecule has 0 aliphatic carbocycles. The lowest BCUT2D eigenvalue weighted by molar-refractivity contribution is 0.239. The van der Waals surface area contributed by atoms with Crippen LogP contribution in [0.15, 0.2) is 16.5 Å². The molecule has 0 aromatic carbocycles. The lowest BCUT2D eigenvalue weighted by atomic mass is 9.95. The predicted octanol–water partition coefficient (Wildman–Crippen LogP) is 1.59. The van der Waals surface area contributed by atoms with E-state index in [1.807, 2.05) is 0 Å². The number of hydrogen-bond acceptors (Lipinski definition) is 3. The average molecular weight is 208 g/mol. The van der Waals surface area contributed by atoms with Gasteiger partial charge in [-0.1, -0.05) is 0 Å². The summed E-state index contributed by atoms with van der Waals surface area (Å²) in [5.74, 6) is 2.81. The summed E-state index contributed by atoms with van der Waals surface area (Å²) in [6.45, 7) is 3.02. The van der Waals surface area contributed by atoms with E-state index in [0.29, 0.717) is 12.5 Å². The Morgan fingerprint density at radius 1 is 1.40 bits per heavy atom. The van der Waals surface area contributed by atoms with Crippen LogP contribution in [-0.4, -0.2) is 31.6 Å². The van der Waals surface area contributed by atoms with Crippen LogP contribution in [-0.2, 0) is 6.42 Å². The average Bonchev–Trinajstić information content (AvgIpc) is 2.68. The highest BCUT2D eigenvalue weighted by Gasteiger charge is 2.20. The van der Waals surface area contributed by atoms with E-state index in [1.54, 1.807) is 0 Å². The first kappa shape index (κ1) is 10.7. The maximum absolute atomic E-state index is 5.80. The van der Waals surface area contributed by atoms with Crippen LogP contribution < -0.4 is 5.73 Å². The maximum Gasteiger partial charge on any atom is 0.107 e. The predicted molar refractivity (Wildman–Crippen MR) is 60.9 cm³/mol. The van der Waals surface area contributed by atoms with Crippen molar-refractivity contribution in [1.29, 1.82) is 0 Å². The van der Waals surface area contributed by atoms with Crippen molar-refractivity contribution < 1.29 is 4.42 Å². The van der Waals surface area contributed by atoms with Crippen molar-refractivity contribution in [2.45, 2.75) is 25.2 Å². The van der Waals surface area contributed by atoms with Crippen molar-refractivity contribution in [1.82, 2.24) is 4.90 Å². The Balaban J connectivity index is 1.96. The normalized spacial score (nSPS) is 19.6. The molecule has 1 aliphatic heterocycles. The third-order valence-electron chi connectivity index (χ3n) is 3.19. The Kier molecular flexibility index (Phi) is 3.44. The summed E-state index contributed by atoms with van der Waals surface area (Å²) >= 11 is 0. The largest absolute Gasteiger partial charge is 0.466 e. The zero-order valence-corrected chi connectivity index (χ0v) is 9.41. The fourth-order valence-corrected chi connectivity index (χ4v) is 2.18. The molecule has 0 spiro atoms. The second-order valence-corrected chi connectivity index (χ2v) is 4.42. The molecule has 84 valence electrons. The van der Waals surface area contributed by atoms with Gasteiger partial charge in [-0.3, -0.25) is 0 Å². The molecule has 1 aromatic heterocycles. The van der Waals surface area contributed by atoms with E-state index in [2.05, 4.69) is 24.1 Å². The molecule has 3 nitrogen and oxygen atoms in total. The van der Waals surface area contributed by atoms with Crippen molar-refractivity contribution in [2.24, 2.45) is 5.73 Å². The molecule has 1 saturated heterocycles. The zero-order valence-electron chi connectivity index (χ0n) is 9.41. The molecular weight excluding hydrogens is 188 g/mol. The van der Waals surface area contributed by atoms with Crippen LogP contribution in [0.2, 0.25) is 0 Å². The van der Waals surface area contributed by atoms with Crippen molar-refractivity contribution in [3.8, 4) is 0 Å². The molecule has 0 bridgehead atoms. The summed E-state index contributed by atoms with van der Waals surface area (Å²) in [5, 5.41) is 0. The molecule has 2 rings (SSSR count). The third kappa shape index (κ3) is 2.61. The van der Waals surface area contributed by atoms with Gasteiger partial charge in [-0.05, 0) is 51.7 Å². The van der Waals surface area contributed by atoms with E-state index >= 15 is 0 Å². The minimum absolute atomic E-state index is 0.618. The van der Waals surface area contributed by atoms with Crippen LogP contribution in [0, 0.1) is 0 Å². The van der Waals surface area contributed by atoms with E-state index in [4.69, 9.17) is 10.2 Å². The first-order valence-corrected chi connectivity index (χ1v) is 5.77. The van der Waals surface area contributed by atoms with Gasteiger partial charge in [0.1, 0.15) is 11.5 Å². The molecule has 3 heteroatoms. The Morgan fingerprint density at radius 3 is 2.80 bits per heavy atom. The maximum atomic E-state index is 5.80. The van der Waals surface area contributed by atoms with Crippen LogP contribution in [0.3, 0.4) is 0 Å². The monoisotopic (exact) mass is 208 g/mol. The van der Waals surface area contributed by atoms with Crippen molar-refractivity contribution >= 4 is 0 Å². The summed E-state index contributed by atoms with van der Waals surface area (Å²) in [6, 6.07) is 4.20. The quantitative estimate of drug-likeness (QED) is 0.820. The number of furan rings is 1. The highest BCUT2D eigenvalue weighted by Crippen LogP contribution is 2.28. The number of hydrogen-bond donors (Lipinski definition) is 1. The van der Waals surface area contributed by atoms with Crippen molar-refractivity contribution in [3.05, 3.63) is 23.7 Å². The van der Waals surface area contributed by atoms with Gasteiger partial charge in [-0.15, -0.1) is 0 Å². The molecule has 2 heterocycles. The molecule has 0 atom stereocenters. The Bertz CT molecular complexity index is 300. The Labute approximate surface area is 91.2 Å². The van der Waals surface area contributed by atoms with Gasteiger partial charge in [0.2, 0.25) is 0 Å².